The number of carbonyl (C=O) groups excluding carboxylic acids is 2. The molecule has 2 aliphatic heterocycles. The number of benzene rings is 2. The Balaban J connectivity index is 1.26. The van der Waals surface area contributed by atoms with E-state index >= 15 is 0 Å². The SMILES string of the molecule is COc1cccc(C(=O)N2CCC([C@H]3CCCCN3C(=O)c3cccc(-n4cnnc4)c3)CC2)c1. The van der Waals surface area contributed by atoms with E-state index in [2.05, 4.69) is 15.1 Å². The van der Waals surface area contributed by atoms with Gasteiger partial charge in [0.05, 0.1) is 7.11 Å². The molecular weight excluding hydrogens is 442 g/mol. The lowest BCUT2D eigenvalue weighted by atomic mass is 9.83. The molecule has 2 fully saturated rings. The standard InChI is InChI=1S/C27H31N5O3/c1-35-24-9-5-7-22(17-24)26(33)30-14-11-20(12-15-30)25-10-2-3-13-32(25)27(34)21-6-4-8-23(16-21)31-18-28-29-19-31/h4-9,16-20,25H,2-3,10-15H2,1H3/t25-/m1/s1. The highest BCUT2D eigenvalue weighted by Crippen LogP contribution is 2.32. The van der Waals surface area contributed by atoms with Crippen molar-refractivity contribution in [3.8, 4) is 11.4 Å². The van der Waals surface area contributed by atoms with Crippen molar-refractivity contribution in [3.05, 3.63) is 72.3 Å². The molecule has 5 rings (SSSR count). The largest absolute Gasteiger partial charge is 0.497 e. The van der Waals surface area contributed by atoms with Gasteiger partial charge in [0, 0.05) is 42.5 Å². The fourth-order valence-electron chi connectivity index (χ4n) is 5.43. The Kier molecular flexibility index (Phi) is 6.79. The predicted molar refractivity (Wildman–Crippen MR) is 132 cm³/mol. The Hall–Kier alpha value is -3.68. The summed E-state index contributed by atoms with van der Waals surface area (Å²) >= 11 is 0. The molecule has 0 bridgehead atoms. The topological polar surface area (TPSA) is 80.6 Å². The monoisotopic (exact) mass is 473 g/mol. The fraction of sp³-hybridized carbons (Fsp3) is 0.407. The minimum Gasteiger partial charge on any atom is -0.497 e. The van der Waals surface area contributed by atoms with Gasteiger partial charge in [-0.2, -0.15) is 0 Å². The summed E-state index contributed by atoms with van der Waals surface area (Å²) in [6, 6.07) is 15.2. The van der Waals surface area contributed by atoms with Crippen molar-refractivity contribution < 1.29 is 14.3 Å². The molecule has 2 aromatic carbocycles. The van der Waals surface area contributed by atoms with E-state index in [0.29, 0.717) is 35.9 Å². The molecule has 0 radical (unpaired) electrons. The number of nitrogens with zero attached hydrogens (tertiary/aromatic N) is 5. The molecule has 8 nitrogen and oxygen atoms in total. The van der Waals surface area contributed by atoms with E-state index in [1.54, 1.807) is 30.4 Å². The van der Waals surface area contributed by atoms with E-state index in [0.717, 1.165) is 44.3 Å². The highest BCUT2D eigenvalue weighted by atomic mass is 16.5. The lowest BCUT2D eigenvalue weighted by Crippen LogP contribution is -2.51. The number of ether oxygens (including phenoxy) is 1. The molecule has 35 heavy (non-hydrogen) atoms. The third-order valence-corrected chi connectivity index (χ3v) is 7.31. The Morgan fingerprint density at radius 1 is 0.857 bits per heavy atom. The first-order valence-corrected chi connectivity index (χ1v) is 12.3. The first-order chi connectivity index (χ1) is 17.1. The van der Waals surface area contributed by atoms with Crippen LogP contribution in [0.1, 0.15) is 52.8 Å². The number of hydrogen-bond donors (Lipinski definition) is 0. The van der Waals surface area contributed by atoms with Crippen molar-refractivity contribution in [3.63, 3.8) is 0 Å². The second kappa shape index (κ2) is 10.3. The Morgan fingerprint density at radius 2 is 1.57 bits per heavy atom. The fourth-order valence-corrected chi connectivity index (χ4v) is 5.43. The molecule has 182 valence electrons. The van der Waals surface area contributed by atoms with Crippen molar-refractivity contribution in [2.45, 2.75) is 38.1 Å². The van der Waals surface area contributed by atoms with Crippen molar-refractivity contribution in [2.24, 2.45) is 5.92 Å². The smallest absolute Gasteiger partial charge is 0.254 e. The molecule has 2 amide bonds. The summed E-state index contributed by atoms with van der Waals surface area (Å²) in [4.78, 5) is 30.7. The van der Waals surface area contributed by atoms with Crippen molar-refractivity contribution in [2.75, 3.05) is 26.7 Å². The number of amides is 2. The highest BCUT2D eigenvalue weighted by Gasteiger charge is 2.36. The summed E-state index contributed by atoms with van der Waals surface area (Å²) in [6.45, 7) is 2.20. The number of methoxy groups -OCH3 is 1. The van der Waals surface area contributed by atoms with Crippen molar-refractivity contribution in [1.82, 2.24) is 24.6 Å². The number of carbonyl (C=O) groups is 2. The van der Waals surface area contributed by atoms with Crippen LogP contribution in [0, 0.1) is 5.92 Å². The zero-order chi connectivity index (χ0) is 24.2. The summed E-state index contributed by atoms with van der Waals surface area (Å²) in [5.41, 5.74) is 2.22. The summed E-state index contributed by atoms with van der Waals surface area (Å²) in [6.07, 6.45) is 8.27. The number of hydrogen-bond acceptors (Lipinski definition) is 5. The second-order valence-corrected chi connectivity index (χ2v) is 9.34. The van der Waals surface area contributed by atoms with Crippen molar-refractivity contribution in [1.29, 1.82) is 0 Å². The zero-order valence-corrected chi connectivity index (χ0v) is 20.0. The maximum Gasteiger partial charge on any atom is 0.254 e. The summed E-state index contributed by atoms with van der Waals surface area (Å²) < 4.78 is 7.08. The van der Waals surface area contributed by atoms with Gasteiger partial charge < -0.3 is 14.5 Å². The molecule has 0 aliphatic carbocycles. The summed E-state index contributed by atoms with van der Waals surface area (Å²) in [7, 11) is 1.61. The van der Waals surface area contributed by atoms with Gasteiger partial charge in [0.15, 0.2) is 0 Å². The van der Waals surface area contributed by atoms with Gasteiger partial charge in [0.1, 0.15) is 18.4 Å². The number of piperidine rings is 2. The van der Waals surface area contributed by atoms with E-state index in [1.165, 1.54) is 0 Å². The lowest BCUT2D eigenvalue weighted by Gasteiger charge is -2.43. The molecule has 2 saturated heterocycles. The van der Waals surface area contributed by atoms with Crippen molar-refractivity contribution >= 4 is 11.8 Å². The third kappa shape index (κ3) is 4.92. The molecule has 0 saturated carbocycles. The maximum atomic E-state index is 13.6. The zero-order valence-electron chi connectivity index (χ0n) is 20.0. The molecule has 2 aliphatic rings. The van der Waals surface area contributed by atoms with Gasteiger partial charge in [0.25, 0.3) is 11.8 Å². The first kappa shape index (κ1) is 23.1. The van der Waals surface area contributed by atoms with Crippen LogP contribution in [-0.2, 0) is 0 Å². The minimum atomic E-state index is 0.0460. The Labute approximate surface area is 205 Å². The average Bonchev–Trinajstić information content (AvgIpc) is 3.48. The minimum absolute atomic E-state index is 0.0460. The van der Waals surface area contributed by atoms with Gasteiger partial charge in [-0.3, -0.25) is 14.2 Å². The van der Waals surface area contributed by atoms with E-state index < -0.39 is 0 Å². The van der Waals surface area contributed by atoms with Gasteiger partial charge in [0.2, 0.25) is 0 Å². The van der Waals surface area contributed by atoms with Gasteiger partial charge in [-0.15, -0.1) is 10.2 Å². The molecule has 0 N–H and O–H groups in total. The molecule has 3 aromatic rings. The van der Waals surface area contributed by atoms with E-state index in [1.807, 2.05) is 47.4 Å². The van der Waals surface area contributed by atoms with Gasteiger partial charge in [-0.25, -0.2) is 0 Å². The third-order valence-electron chi connectivity index (χ3n) is 7.31. The average molecular weight is 474 g/mol. The number of likely N-dealkylation sites (tertiary alicyclic amines) is 2. The predicted octanol–water partition coefficient (Wildman–Crippen LogP) is 3.82. The Morgan fingerprint density at radius 3 is 2.31 bits per heavy atom. The van der Waals surface area contributed by atoms with Gasteiger partial charge in [-0.1, -0.05) is 12.1 Å². The molecule has 1 aromatic heterocycles. The van der Waals surface area contributed by atoms with Gasteiger partial charge >= 0.3 is 0 Å². The second-order valence-electron chi connectivity index (χ2n) is 9.34. The van der Waals surface area contributed by atoms with Crippen LogP contribution in [0.25, 0.3) is 5.69 Å². The lowest BCUT2D eigenvalue weighted by molar-refractivity contribution is 0.0374. The van der Waals surface area contributed by atoms with Crippen LogP contribution in [0.2, 0.25) is 0 Å². The molecule has 0 spiro atoms. The van der Waals surface area contributed by atoms with E-state index in [9.17, 15) is 9.59 Å². The molecule has 1 atom stereocenters. The molecular formula is C27H31N5O3. The van der Waals surface area contributed by atoms with E-state index in [-0.39, 0.29) is 17.9 Å². The van der Waals surface area contributed by atoms with Gasteiger partial charge in [-0.05, 0) is 74.4 Å². The van der Waals surface area contributed by atoms with Crippen LogP contribution < -0.4 is 4.74 Å². The Bertz CT molecular complexity index is 1170. The molecule has 8 heteroatoms. The highest BCUT2D eigenvalue weighted by molar-refractivity contribution is 5.95. The van der Waals surface area contributed by atoms with Crippen LogP contribution in [0.15, 0.2) is 61.2 Å². The first-order valence-electron chi connectivity index (χ1n) is 12.3. The van der Waals surface area contributed by atoms with Crippen LogP contribution in [-0.4, -0.2) is 69.2 Å². The number of rotatable bonds is 5. The normalized spacial score (nSPS) is 18.9. The summed E-state index contributed by atoms with van der Waals surface area (Å²) in [5, 5.41) is 7.73. The maximum absolute atomic E-state index is 13.6. The van der Waals surface area contributed by atoms with Crippen LogP contribution >= 0.6 is 0 Å². The number of aromatic nitrogens is 3. The summed E-state index contributed by atoms with van der Waals surface area (Å²) in [5.74, 6) is 1.22. The van der Waals surface area contributed by atoms with Crippen LogP contribution in [0.4, 0.5) is 0 Å². The molecule has 0 unspecified atom stereocenters. The molecule has 3 heterocycles. The van der Waals surface area contributed by atoms with E-state index in [4.69, 9.17) is 4.74 Å². The van der Waals surface area contributed by atoms with Crippen LogP contribution in [0.3, 0.4) is 0 Å². The van der Waals surface area contributed by atoms with Crippen LogP contribution in [0.5, 0.6) is 5.75 Å². The quantitative estimate of drug-likeness (QED) is 0.563.